The Bertz CT molecular complexity index is 461. The fraction of sp³-hybridized carbons (Fsp3) is 0.588. The zero-order valence-corrected chi connectivity index (χ0v) is 13.2. The van der Waals surface area contributed by atoms with Crippen LogP contribution in [-0.2, 0) is 4.79 Å². The van der Waals surface area contributed by atoms with Crippen LogP contribution >= 0.6 is 0 Å². The zero-order valence-electron chi connectivity index (χ0n) is 13.2. The van der Waals surface area contributed by atoms with E-state index in [9.17, 15) is 4.79 Å². The fourth-order valence-corrected chi connectivity index (χ4v) is 2.99. The number of piperidine rings is 1. The summed E-state index contributed by atoms with van der Waals surface area (Å²) in [4.78, 5) is 14.6. The summed E-state index contributed by atoms with van der Waals surface area (Å²) in [7, 11) is 1.98. The molecular weight excluding hydrogens is 262 g/mol. The van der Waals surface area contributed by atoms with Crippen LogP contribution in [-0.4, -0.2) is 43.5 Å². The van der Waals surface area contributed by atoms with Crippen LogP contribution in [0.1, 0.15) is 31.2 Å². The van der Waals surface area contributed by atoms with Gasteiger partial charge in [0, 0.05) is 11.7 Å². The first-order valence-corrected chi connectivity index (χ1v) is 7.95. The van der Waals surface area contributed by atoms with Crippen LogP contribution in [0.5, 0.6) is 0 Å². The van der Waals surface area contributed by atoms with Gasteiger partial charge in [0.1, 0.15) is 0 Å². The van der Waals surface area contributed by atoms with Crippen LogP contribution in [0.2, 0.25) is 0 Å². The molecule has 4 nitrogen and oxygen atoms in total. The summed E-state index contributed by atoms with van der Waals surface area (Å²) in [5.41, 5.74) is 2.03. The van der Waals surface area contributed by atoms with Crippen molar-refractivity contribution in [3.63, 3.8) is 0 Å². The van der Waals surface area contributed by atoms with Crippen LogP contribution < -0.4 is 10.6 Å². The van der Waals surface area contributed by atoms with E-state index < -0.39 is 0 Å². The van der Waals surface area contributed by atoms with Gasteiger partial charge in [-0.05, 0) is 58.0 Å². The van der Waals surface area contributed by atoms with Crippen molar-refractivity contribution in [2.24, 2.45) is 0 Å². The Balaban J connectivity index is 1.89. The fourth-order valence-electron chi connectivity index (χ4n) is 2.99. The van der Waals surface area contributed by atoms with Gasteiger partial charge in [0.2, 0.25) is 5.91 Å². The second-order valence-corrected chi connectivity index (χ2v) is 5.88. The van der Waals surface area contributed by atoms with Crippen molar-refractivity contribution in [1.82, 2.24) is 10.2 Å². The number of rotatable bonds is 6. The molecule has 1 aliphatic rings. The average molecular weight is 289 g/mol. The molecule has 4 heteroatoms. The molecule has 0 aliphatic carbocycles. The SMILES string of the molecule is CNCCC1CCCCN1CC(=O)Nc1ccccc1C. The molecule has 1 aromatic carbocycles. The van der Waals surface area contributed by atoms with Crippen molar-refractivity contribution in [2.75, 3.05) is 32.0 Å². The minimum atomic E-state index is 0.0978. The molecular formula is C17H27N3O. The molecule has 2 N–H and O–H groups in total. The van der Waals surface area contributed by atoms with Crippen molar-refractivity contribution in [3.05, 3.63) is 29.8 Å². The Morgan fingerprint density at radius 3 is 2.90 bits per heavy atom. The number of benzene rings is 1. The van der Waals surface area contributed by atoms with E-state index in [1.165, 1.54) is 19.3 Å². The minimum absolute atomic E-state index is 0.0978. The van der Waals surface area contributed by atoms with E-state index in [2.05, 4.69) is 15.5 Å². The first-order valence-electron chi connectivity index (χ1n) is 7.95. The third-order valence-electron chi connectivity index (χ3n) is 4.24. The molecule has 1 heterocycles. The predicted molar refractivity (Wildman–Crippen MR) is 87.6 cm³/mol. The van der Waals surface area contributed by atoms with Crippen LogP contribution in [0, 0.1) is 6.92 Å². The van der Waals surface area contributed by atoms with E-state index >= 15 is 0 Å². The third-order valence-corrected chi connectivity index (χ3v) is 4.24. The molecule has 1 aromatic rings. The highest BCUT2D eigenvalue weighted by molar-refractivity contribution is 5.92. The van der Waals surface area contributed by atoms with Crippen molar-refractivity contribution in [3.8, 4) is 0 Å². The molecule has 21 heavy (non-hydrogen) atoms. The highest BCUT2D eigenvalue weighted by atomic mass is 16.2. The smallest absolute Gasteiger partial charge is 0.238 e. The second kappa shape index (κ2) is 8.15. The van der Waals surface area contributed by atoms with Gasteiger partial charge in [-0.2, -0.15) is 0 Å². The number of hydrogen-bond acceptors (Lipinski definition) is 3. The van der Waals surface area contributed by atoms with Gasteiger partial charge in [0.15, 0.2) is 0 Å². The van der Waals surface area contributed by atoms with E-state index in [4.69, 9.17) is 0 Å². The average Bonchev–Trinajstić information content (AvgIpc) is 2.49. The molecule has 0 aromatic heterocycles. The molecule has 1 amide bonds. The summed E-state index contributed by atoms with van der Waals surface area (Å²) in [6.45, 7) is 4.57. The number of anilines is 1. The quantitative estimate of drug-likeness (QED) is 0.845. The number of amides is 1. The Hall–Kier alpha value is -1.39. The van der Waals surface area contributed by atoms with Crippen LogP contribution in [0.25, 0.3) is 0 Å². The van der Waals surface area contributed by atoms with Gasteiger partial charge >= 0.3 is 0 Å². The van der Waals surface area contributed by atoms with Crippen molar-refractivity contribution in [1.29, 1.82) is 0 Å². The molecule has 1 aliphatic heterocycles. The molecule has 1 atom stereocenters. The van der Waals surface area contributed by atoms with Crippen LogP contribution in [0.4, 0.5) is 5.69 Å². The second-order valence-electron chi connectivity index (χ2n) is 5.88. The molecule has 0 radical (unpaired) electrons. The summed E-state index contributed by atoms with van der Waals surface area (Å²) in [6.07, 6.45) is 4.81. The largest absolute Gasteiger partial charge is 0.325 e. The summed E-state index contributed by atoms with van der Waals surface area (Å²) in [5, 5.41) is 6.25. The van der Waals surface area contributed by atoms with Crippen LogP contribution in [0.15, 0.2) is 24.3 Å². The molecule has 116 valence electrons. The van der Waals surface area contributed by atoms with Gasteiger partial charge in [-0.1, -0.05) is 24.6 Å². The van der Waals surface area contributed by atoms with E-state index in [1.807, 2.05) is 38.2 Å². The Kier molecular flexibility index (Phi) is 6.21. The first kappa shape index (κ1) is 16.0. The number of para-hydroxylation sites is 1. The lowest BCUT2D eigenvalue weighted by Crippen LogP contribution is -2.44. The summed E-state index contributed by atoms with van der Waals surface area (Å²) in [5.74, 6) is 0.0978. The number of nitrogens with zero attached hydrogens (tertiary/aromatic N) is 1. The Morgan fingerprint density at radius 1 is 1.33 bits per heavy atom. The summed E-state index contributed by atoms with van der Waals surface area (Å²) in [6, 6.07) is 8.46. The first-order chi connectivity index (χ1) is 10.2. The lowest BCUT2D eigenvalue weighted by Gasteiger charge is -2.35. The molecule has 1 saturated heterocycles. The number of aryl methyl sites for hydroxylation is 1. The molecule has 1 fully saturated rings. The van der Waals surface area contributed by atoms with E-state index in [1.54, 1.807) is 0 Å². The zero-order chi connectivity index (χ0) is 15.1. The lowest BCUT2D eigenvalue weighted by molar-refractivity contribution is -0.118. The molecule has 1 unspecified atom stereocenters. The van der Waals surface area contributed by atoms with Crippen molar-refractivity contribution < 1.29 is 4.79 Å². The summed E-state index contributed by atoms with van der Waals surface area (Å²) < 4.78 is 0. The highest BCUT2D eigenvalue weighted by Gasteiger charge is 2.23. The maximum atomic E-state index is 12.3. The third kappa shape index (κ3) is 4.83. The number of carbonyl (C=O) groups excluding carboxylic acids is 1. The van der Waals surface area contributed by atoms with Gasteiger partial charge in [-0.15, -0.1) is 0 Å². The molecule has 0 bridgehead atoms. The number of nitrogens with one attached hydrogen (secondary N) is 2. The molecule has 2 rings (SSSR count). The van der Waals surface area contributed by atoms with E-state index in [0.717, 1.165) is 30.8 Å². The standard InChI is InChI=1S/C17H27N3O/c1-14-7-3-4-9-16(14)19-17(21)13-20-12-6-5-8-15(20)10-11-18-2/h3-4,7,9,15,18H,5-6,8,10-13H2,1-2H3,(H,19,21). The molecule has 0 spiro atoms. The van der Waals surface area contributed by atoms with Crippen molar-refractivity contribution in [2.45, 2.75) is 38.6 Å². The van der Waals surface area contributed by atoms with E-state index in [-0.39, 0.29) is 5.91 Å². The normalized spacial score (nSPS) is 19.4. The van der Waals surface area contributed by atoms with Gasteiger partial charge < -0.3 is 10.6 Å². The van der Waals surface area contributed by atoms with Crippen LogP contribution in [0.3, 0.4) is 0 Å². The molecule has 0 saturated carbocycles. The highest BCUT2D eigenvalue weighted by Crippen LogP contribution is 2.19. The lowest BCUT2D eigenvalue weighted by atomic mass is 9.99. The predicted octanol–water partition coefficient (Wildman–Crippen LogP) is 2.40. The maximum Gasteiger partial charge on any atom is 0.238 e. The van der Waals surface area contributed by atoms with Gasteiger partial charge in [0.05, 0.1) is 6.54 Å². The van der Waals surface area contributed by atoms with E-state index in [0.29, 0.717) is 12.6 Å². The summed E-state index contributed by atoms with van der Waals surface area (Å²) >= 11 is 0. The topological polar surface area (TPSA) is 44.4 Å². The number of hydrogen-bond donors (Lipinski definition) is 2. The van der Waals surface area contributed by atoms with Gasteiger partial charge in [0.25, 0.3) is 0 Å². The number of likely N-dealkylation sites (tertiary alicyclic amines) is 1. The maximum absolute atomic E-state index is 12.3. The monoisotopic (exact) mass is 289 g/mol. The van der Waals surface area contributed by atoms with Gasteiger partial charge in [-0.3, -0.25) is 9.69 Å². The minimum Gasteiger partial charge on any atom is -0.325 e. The Labute approximate surface area is 127 Å². The van der Waals surface area contributed by atoms with Gasteiger partial charge in [-0.25, -0.2) is 0 Å². The number of carbonyl (C=O) groups is 1. The van der Waals surface area contributed by atoms with Crippen molar-refractivity contribution >= 4 is 11.6 Å². The Morgan fingerprint density at radius 2 is 2.14 bits per heavy atom.